The van der Waals surface area contributed by atoms with Crippen molar-refractivity contribution < 1.29 is 9.53 Å². The van der Waals surface area contributed by atoms with E-state index in [-0.39, 0.29) is 18.0 Å². The number of ether oxygens (including phenoxy) is 1. The predicted molar refractivity (Wildman–Crippen MR) is 81.8 cm³/mol. The highest BCUT2D eigenvalue weighted by molar-refractivity contribution is 5.81. The zero-order chi connectivity index (χ0) is 15.0. The summed E-state index contributed by atoms with van der Waals surface area (Å²) in [6.07, 6.45) is 2.42. The normalized spacial score (nSPS) is 21.9. The van der Waals surface area contributed by atoms with Crippen molar-refractivity contribution in [1.82, 2.24) is 15.5 Å². The summed E-state index contributed by atoms with van der Waals surface area (Å²) in [6, 6.07) is 0.181. The Morgan fingerprint density at radius 1 is 1.40 bits per heavy atom. The Bertz CT molecular complexity index is 284. The maximum absolute atomic E-state index is 12.1. The van der Waals surface area contributed by atoms with Crippen LogP contribution in [0.5, 0.6) is 0 Å². The van der Waals surface area contributed by atoms with Gasteiger partial charge in [-0.2, -0.15) is 0 Å². The van der Waals surface area contributed by atoms with Gasteiger partial charge < -0.3 is 15.4 Å². The van der Waals surface area contributed by atoms with Crippen molar-refractivity contribution in [3.05, 3.63) is 0 Å². The third kappa shape index (κ3) is 6.20. The zero-order valence-electron chi connectivity index (χ0n) is 13.4. The van der Waals surface area contributed by atoms with E-state index < -0.39 is 0 Å². The minimum Gasteiger partial charge on any atom is -0.383 e. The summed E-state index contributed by atoms with van der Waals surface area (Å²) >= 11 is 0. The van der Waals surface area contributed by atoms with E-state index in [0.29, 0.717) is 5.92 Å². The molecule has 0 bridgehead atoms. The van der Waals surface area contributed by atoms with Crippen LogP contribution in [0.2, 0.25) is 0 Å². The van der Waals surface area contributed by atoms with Gasteiger partial charge in [0.1, 0.15) is 0 Å². The van der Waals surface area contributed by atoms with Crippen LogP contribution < -0.4 is 10.6 Å². The van der Waals surface area contributed by atoms with Gasteiger partial charge in [-0.1, -0.05) is 0 Å². The molecule has 1 amide bonds. The van der Waals surface area contributed by atoms with Crippen molar-refractivity contribution in [2.45, 2.75) is 45.7 Å². The molecule has 0 aromatic heterocycles. The van der Waals surface area contributed by atoms with E-state index in [2.05, 4.69) is 15.5 Å². The summed E-state index contributed by atoms with van der Waals surface area (Å²) in [7, 11) is 1.72. The van der Waals surface area contributed by atoms with Crippen LogP contribution >= 0.6 is 0 Å². The smallest absolute Gasteiger partial charge is 0.237 e. The number of carbonyl (C=O) groups excluding carboxylic acids is 1. The molecule has 2 atom stereocenters. The molecule has 1 rings (SSSR count). The number of carbonyl (C=O) groups is 1. The molecule has 5 heteroatoms. The summed E-state index contributed by atoms with van der Waals surface area (Å²) in [5.41, 5.74) is 0. The lowest BCUT2D eigenvalue weighted by Crippen LogP contribution is -2.51. The summed E-state index contributed by atoms with van der Waals surface area (Å²) < 4.78 is 5.03. The lowest BCUT2D eigenvalue weighted by molar-refractivity contribution is -0.127. The van der Waals surface area contributed by atoms with Gasteiger partial charge in [-0.05, 0) is 52.6 Å². The molecule has 2 unspecified atom stereocenters. The van der Waals surface area contributed by atoms with E-state index in [1.165, 1.54) is 12.8 Å². The number of likely N-dealkylation sites (tertiary alicyclic amines) is 1. The number of piperidine rings is 1. The van der Waals surface area contributed by atoms with Crippen molar-refractivity contribution in [3.8, 4) is 0 Å². The summed E-state index contributed by atoms with van der Waals surface area (Å²) in [6.45, 7) is 10.7. The highest BCUT2D eigenvalue weighted by atomic mass is 16.5. The Morgan fingerprint density at radius 2 is 2.15 bits per heavy atom. The molecule has 0 saturated carbocycles. The van der Waals surface area contributed by atoms with Crippen LogP contribution in [0.15, 0.2) is 0 Å². The van der Waals surface area contributed by atoms with Crippen molar-refractivity contribution in [2.75, 3.05) is 39.9 Å². The van der Waals surface area contributed by atoms with Crippen LogP contribution in [0.1, 0.15) is 33.6 Å². The first-order valence-electron chi connectivity index (χ1n) is 7.78. The number of nitrogens with one attached hydrogen (secondary N) is 2. The SMILES string of the molecule is COCCNCC1CCCN(C(C)C(=O)NC(C)C)C1. The second-order valence-corrected chi connectivity index (χ2v) is 6.04. The van der Waals surface area contributed by atoms with Gasteiger partial charge in [0.05, 0.1) is 12.6 Å². The van der Waals surface area contributed by atoms with E-state index in [0.717, 1.165) is 32.8 Å². The Labute approximate surface area is 123 Å². The van der Waals surface area contributed by atoms with Gasteiger partial charge in [-0.25, -0.2) is 0 Å². The maximum atomic E-state index is 12.1. The van der Waals surface area contributed by atoms with E-state index in [1.54, 1.807) is 7.11 Å². The lowest BCUT2D eigenvalue weighted by atomic mass is 9.96. The summed E-state index contributed by atoms with van der Waals surface area (Å²) in [4.78, 5) is 14.4. The molecule has 0 spiro atoms. The highest BCUT2D eigenvalue weighted by Gasteiger charge is 2.27. The molecule has 1 aliphatic rings. The molecule has 0 radical (unpaired) electrons. The molecular weight excluding hydrogens is 254 g/mol. The largest absolute Gasteiger partial charge is 0.383 e. The van der Waals surface area contributed by atoms with Crippen LogP contribution in [0.3, 0.4) is 0 Å². The monoisotopic (exact) mass is 285 g/mol. The molecule has 1 fully saturated rings. The quantitative estimate of drug-likeness (QED) is 0.649. The average Bonchev–Trinajstić information content (AvgIpc) is 2.42. The van der Waals surface area contributed by atoms with Crippen molar-refractivity contribution in [2.24, 2.45) is 5.92 Å². The summed E-state index contributed by atoms with van der Waals surface area (Å²) in [5.74, 6) is 0.780. The third-order valence-electron chi connectivity index (χ3n) is 3.82. The van der Waals surface area contributed by atoms with Gasteiger partial charge in [0, 0.05) is 26.2 Å². The average molecular weight is 285 g/mol. The standard InChI is InChI=1S/C15H31N3O2/c1-12(2)17-15(19)13(3)18-8-5-6-14(11-18)10-16-7-9-20-4/h12-14,16H,5-11H2,1-4H3,(H,17,19). The predicted octanol–water partition coefficient (Wildman–Crippen LogP) is 0.848. The minimum atomic E-state index is -0.0285. The van der Waals surface area contributed by atoms with Crippen molar-refractivity contribution in [1.29, 1.82) is 0 Å². The van der Waals surface area contributed by atoms with E-state index in [1.807, 2.05) is 20.8 Å². The molecule has 1 saturated heterocycles. The van der Waals surface area contributed by atoms with Gasteiger partial charge >= 0.3 is 0 Å². The fraction of sp³-hybridized carbons (Fsp3) is 0.933. The number of amides is 1. The minimum absolute atomic E-state index is 0.0285. The van der Waals surface area contributed by atoms with Crippen LogP contribution in [0.25, 0.3) is 0 Å². The van der Waals surface area contributed by atoms with Crippen LogP contribution in [-0.2, 0) is 9.53 Å². The molecule has 5 nitrogen and oxygen atoms in total. The van der Waals surface area contributed by atoms with E-state index in [4.69, 9.17) is 4.74 Å². The number of nitrogens with zero attached hydrogens (tertiary/aromatic N) is 1. The Hall–Kier alpha value is -0.650. The molecule has 1 aliphatic heterocycles. The number of methoxy groups -OCH3 is 1. The number of rotatable bonds is 8. The van der Waals surface area contributed by atoms with Crippen LogP contribution in [0, 0.1) is 5.92 Å². The van der Waals surface area contributed by atoms with E-state index in [9.17, 15) is 4.79 Å². The first-order chi connectivity index (χ1) is 9.54. The zero-order valence-corrected chi connectivity index (χ0v) is 13.4. The van der Waals surface area contributed by atoms with Crippen LogP contribution in [0.4, 0.5) is 0 Å². The second kappa shape index (κ2) is 9.32. The summed E-state index contributed by atoms with van der Waals surface area (Å²) in [5, 5.41) is 6.43. The third-order valence-corrected chi connectivity index (χ3v) is 3.82. The van der Waals surface area contributed by atoms with Gasteiger partial charge in [0.25, 0.3) is 0 Å². The molecule has 0 aromatic rings. The van der Waals surface area contributed by atoms with Crippen molar-refractivity contribution in [3.63, 3.8) is 0 Å². The first-order valence-corrected chi connectivity index (χ1v) is 7.78. The maximum Gasteiger partial charge on any atom is 0.237 e. The van der Waals surface area contributed by atoms with Gasteiger partial charge in [-0.15, -0.1) is 0 Å². The Balaban J connectivity index is 2.33. The second-order valence-electron chi connectivity index (χ2n) is 6.04. The number of hydrogen-bond donors (Lipinski definition) is 2. The molecule has 1 heterocycles. The Morgan fingerprint density at radius 3 is 2.80 bits per heavy atom. The fourth-order valence-electron chi connectivity index (χ4n) is 2.67. The first kappa shape index (κ1) is 17.4. The number of hydrogen-bond acceptors (Lipinski definition) is 4. The lowest BCUT2D eigenvalue weighted by Gasteiger charge is -2.36. The molecular formula is C15H31N3O2. The fourth-order valence-corrected chi connectivity index (χ4v) is 2.67. The van der Waals surface area contributed by atoms with E-state index >= 15 is 0 Å². The molecule has 20 heavy (non-hydrogen) atoms. The van der Waals surface area contributed by atoms with Gasteiger partial charge in [0.15, 0.2) is 0 Å². The molecule has 0 aromatic carbocycles. The van der Waals surface area contributed by atoms with Crippen LogP contribution in [-0.4, -0.2) is 62.8 Å². The highest BCUT2D eigenvalue weighted by Crippen LogP contribution is 2.18. The molecule has 0 aliphatic carbocycles. The molecule has 2 N–H and O–H groups in total. The van der Waals surface area contributed by atoms with Crippen molar-refractivity contribution >= 4 is 5.91 Å². The molecule has 118 valence electrons. The van der Waals surface area contributed by atoms with Gasteiger partial charge in [-0.3, -0.25) is 9.69 Å². The Kier molecular flexibility index (Phi) is 8.11. The topological polar surface area (TPSA) is 53.6 Å². The van der Waals surface area contributed by atoms with Gasteiger partial charge in [0.2, 0.25) is 5.91 Å².